The van der Waals surface area contributed by atoms with Crippen LogP contribution in [-0.2, 0) is 0 Å². The van der Waals surface area contributed by atoms with Gasteiger partial charge in [0.25, 0.3) is 0 Å². The second kappa shape index (κ2) is 7.55. The van der Waals surface area contributed by atoms with Gasteiger partial charge in [-0.15, -0.1) is 0 Å². The first-order chi connectivity index (χ1) is 15.8. The maximum atomic E-state index is 6.22. The van der Waals surface area contributed by atoms with Crippen molar-refractivity contribution in [3.05, 3.63) is 84.8 Å². The minimum absolute atomic E-state index is 0.428. The fourth-order valence-corrected chi connectivity index (χ4v) is 4.03. The summed E-state index contributed by atoms with van der Waals surface area (Å²) in [5.41, 5.74) is 12.4. The van der Waals surface area contributed by atoms with Gasteiger partial charge in [-0.05, 0) is 36.4 Å². The summed E-state index contributed by atoms with van der Waals surface area (Å²) in [6, 6.07) is 22.1. The van der Waals surface area contributed by atoms with Crippen LogP contribution in [0, 0.1) is 0 Å². The number of fused-ring (bicyclic) bond motifs is 1. The summed E-state index contributed by atoms with van der Waals surface area (Å²) in [6.07, 6.45) is 3.57. The number of hydrogen-bond acceptors (Lipinski definition) is 6. The van der Waals surface area contributed by atoms with E-state index in [-0.39, 0.29) is 0 Å². The average Bonchev–Trinajstić information content (AvgIpc) is 3.18. The quantitative estimate of drug-likeness (QED) is 0.460. The molecule has 1 aromatic carbocycles. The van der Waals surface area contributed by atoms with Crippen LogP contribution in [0.25, 0.3) is 39.5 Å². The van der Waals surface area contributed by atoms with Gasteiger partial charge in [0.05, 0.1) is 23.1 Å². The largest absolute Gasteiger partial charge is 0.383 e. The van der Waals surface area contributed by atoms with Gasteiger partial charge in [-0.3, -0.25) is 9.55 Å². The highest BCUT2D eigenvalue weighted by Crippen LogP contribution is 2.31. The van der Waals surface area contributed by atoms with Crippen molar-refractivity contribution in [1.29, 1.82) is 0 Å². The first-order valence-corrected chi connectivity index (χ1v) is 10.6. The number of nitrogens with one attached hydrogen (secondary N) is 1. The Balaban J connectivity index is 1.57. The molecular weight excluding hydrogens is 398 g/mol. The number of benzene rings is 1. The molecule has 0 spiro atoms. The van der Waals surface area contributed by atoms with Crippen LogP contribution in [0.3, 0.4) is 0 Å². The van der Waals surface area contributed by atoms with Gasteiger partial charge in [0.2, 0.25) is 0 Å². The van der Waals surface area contributed by atoms with Gasteiger partial charge in [-0.25, -0.2) is 15.0 Å². The van der Waals surface area contributed by atoms with E-state index < -0.39 is 0 Å². The molecule has 0 amide bonds. The molecule has 1 aliphatic heterocycles. The van der Waals surface area contributed by atoms with Gasteiger partial charge in [-0.1, -0.05) is 30.3 Å². The number of rotatable bonds is 4. The van der Waals surface area contributed by atoms with Crippen molar-refractivity contribution in [3.63, 3.8) is 0 Å². The summed E-state index contributed by atoms with van der Waals surface area (Å²) in [7, 11) is 0. The van der Waals surface area contributed by atoms with Crippen LogP contribution in [0.5, 0.6) is 0 Å². The fourth-order valence-electron chi connectivity index (χ4n) is 4.03. The first kappa shape index (κ1) is 18.7. The molecule has 1 aliphatic rings. The summed E-state index contributed by atoms with van der Waals surface area (Å²) < 4.78 is 2.02. The molecule has 7 heteroatoms. The molecule has 0 radical (unpaired) electrons. The van der Waals surface area contributed by atoms with E-state index in [2.05, 4.69) is 34.6 Å². The number of pyridine rings is 3. The summed E-state index contributed by atoms with van der Waals surface area (Å²) >= 11 is 0. The van der Waals surface area contributed by atoms with Crippen molar-refractivity contribution in [2.45, 2.75) is 5.92 Å². The normalized spacial score (nSPS) is 13.9. The van der Waals surface area contributed by atoms with Crippen LogP contribution < -0.4 is 11.1 Å². The monoisotopic (exact) mass is 419 g/mol. The summed E-state index contributed by atoms with van der Waals surface area (Å²) in [5.74, 6) is 1.60. The average molecular weight is 419 g/mol. The third kappa shape index (κ3) is 3.11. The zero-order valence-corrected chi connectivity index (χ0v) is 17.3. The third-order valence-corrected chi connectivity index (χ3v) is 5.88. The molecule has 0 atom stereocenters. The summed E-state index contributed by atoms with van der Waals surface area (Å²) in [4.78, 5) is 18.9. The Kier molecular flexibility index (Phi) is 4.40. The number of nitrogens with two attached hydrogens (primary N) is 1. The minimum atomic E-state index is 0.428. The van der Waals surface area contributed by atoms with Crippen molar-refractivity contribution in [2.75, 3.05) is 18.8 Å². The van der Waals surface area contributed by atoms with Crippen molar-refractivity contribution < 1.29 is 0 Å². The molecule has 7 nitrogen and oxygen atoms in total. The smallest absolute Gasteiger partial charge is 0.165 e. The molecule has 4 aromatic heterocycles. The van der Waals surface area contributed by atoms with E-state index >= 15 is 0 Å². The van der Waals surface area contributed by atoms with Gasteiger partial charge in [0.15, 0.2) is 11.5 Å². The number of aromatic nitrogens is 5. The Morgan fingerprint density at radius 1 is 0.875 bits per heavy atom. The SMILES string of the molecule is Nc1ncccc1-c1nc2ccc(-c3ccccc3)nc2n1-c1ccc(C2CNC2)nc1. The van der Waals surface area contributed by atoms with E-state index in [1.807, 2.05) is 53.2 Å². The molecular formula is C25H21N7. The fraction of sp³-hybridized carbons (Fsp3) is 0.120. The summed E-state index contributed by atoms with van der Waals surface area (Å²) in [6.45, 7) is 1.94. The van der Waals surface area contributed by atoms with E-state index in [4.69, 9.17) is 20.7 Å². The summed E-state index contributed by atoms with van der Waals surface area (Å²) in [5, 5.41) is 3.30. The van der Waals surface area contributed by atoms with Gasteiger partial charge < -0.3 is 11.1 Å². The van der Waals surface area contributed by atoms with Crippen LogP contribution in [0.2, 0.25) is 0 Å². The maximum Gasteiger partial charge on any atom is 0.165 e. The van der Waals surface area contributed by atoms with Crippen LogP contribution in [0.15, 0.2) is 79.1 Å². The first-order valence-electron chi connectivity index (χ1n) is 10.6. The molecule has 5 heterocycles. The van der Waals surface area contributed by atoms with Gasteiger partial charge in [-0.2, -0.15) is 0 Å². The highest BCUT2D eigenvalue weighted by atomic mass is 15.1. The zero-order chi connectivity index (χ0) is 21.5. The molecule has 0 unspecified atom stereocenters. The van der Waals surface area contributed by atoms with E-state index in [9.17, 15) is 0 Å². The minimum Gasteiger partial charge on any atom is -0.383 e. The lowest BCUT2D eigenvalue weighted by Crippen LogP contribution is -2.40. The van der Waals surface area contributed by atoms with Crippen molar-refractivity contribution in [2.24, 2.45) is 0 Å². The number of nitrogen functional groups attached to an aromatic ring is 1. The van der Waals surface area contributed by atoms with E-state index in [1.165, 1.54) is 0 Å². The van der Waals surface area contributed by atoms with Crippen molar-refractivity contribution in [3.8, 4) is 28.3 Å². The second-order valence-electron chi connectivity index (χ2n) is 7.91. The lowest BCUT2D eigenvalue weighted by Gasteiger charge is -2.26. The van der Waals surface area contributed by atoms with Crippen molar-refractivity contribution >= 4 is 17.0 Å². The predicted molar refractivity (Wildman–Crippen MR) is 125 cm³/mol. The van der Waals surface area contributed by atoms with Gasteiger partial charge >= 0.3 is 0 Å². The van der Waals surface area contributed by atoms with Gasteiger partial charge in [0, 0.05) is 36.5 Å². The third-order valence-electron chi connectivity index (χ3n) is 5.88. The van der Waals surface area contributed by atoms with Crippen LogP contribution in [0.1, 0.15) is 11.6 Å². The van der Waals surface area contributed by atoms with Crippen LogP contribution in [0.4, 0.5) is 5.82 Å². The Morgan fingerprint density at radius 3 is 2.47 bits per heavy atom. The highest BCUT2D eigenvalue weighted by Gasteiger charge is 2.22. The Morgan fingerprint density at radius 2 is 1.75 bits per heavy atom. The molecule has 1 fully saturated rings. The number of imidazole rings is 1. The van der Waals surface area contributed by atoms with Crippen LogP contribution in [-0.4, -0.2) is 37.6 Å². The Bertz CT molecular complexity index is 1400. The Labute approximate surface area is 185 Å². The molecule has 0 aliphatic carbocycles. The lowest BCUT2D eigenvalue weighted by atomic mass is 9.99. The molecule has 32 heavy (non-hydrogen) atoms. The molecule has 5 aromatic rings. The maximum absolute atomic E-state index is 6.22. The number of nitrogens with zero attached hydrogens (tertiary/aromatic N) is 5. The zero-order valence-electron chi connectivity index (χ0n) is 17.3. The van der Waals surface area contributed by atoms with E-state index in [1.54, 1.807) is 6.20 Å². The highest BCUT2D eigenvalue weighted by molar-refractivity contribution is 5.84. The van der Waals surface area contributed by atoms with Crippen LogP contribution >= 0.6 is 0 Å². The Hall–Kier alpha value is -4.10. The van der Waals surface area contributed by atoms with E-state index in [0.717, 1.165) is 52.5 Å². The molecule has 0 bridgehead atoms. The molecule has 1 saturated heterocycles. The van der Waals surface area contributed by atoms with E-state index in [0.29, 0.717) is 17.6 Å². The molecule has 6 rings (SSSR count). The number of anilines is 1. The standard InChI is InChI=1S/C25H21N7/c26-23-19(7-4-12-28-23)24-31-22-11-10-21(16-5-2-1-3-6-16)30-25(22)32(24)18-8-9-20(29-15-18)17-13-27-14-17/h1-12,15,17,27H,13-14H2,(H2,26,28). The van der Waals surface area contributed by atoms with Gasteiger partial charge in [0.1, 0.15) is 11.3 Å². The number of hydrogen-bond donors (Lipinski definition) is 2. The second-order valence-corrected chi connectivity index (χ2v) is 7.91. The topological polar surface area (TPSA) is 94.5 Å². The lowest BCUT2D eigenvalue weighted by molar-refractivity contribution is 0.440. The predicted octanol–water partition coefficient (Wildman–Crippen LogP) is 3.81. The molecule has 156 valence electrons. The van der Waals surface area contributed by atoms with Crippen molar-refractivity contribution in [1.82, 2.24) is 29.8 Å². The molecule has 0 saturated carbocycles. The molecule has 3 N–H and O–H groups in total.